The van der Waals surface area contributed by atoms with E-state index in [0.717, 1.165) is 11.1 Å². The summed E-state index contributed by atoms with van der Waals surface area (Å²) in [5.41, 5.74) is 8.08. The summed E-state index contributed by atoms with van der Waals surface area (Å²) in [6, 6.07) is 4.97. The van der Waals surface area contributed by atoms with Crippen LogP contribution in [0.25, 0.3) is 11.0 Å². The fourth-order valence-electron chi connectivity index (χ4n) is 1.43. The average molecular weight is 189 g/mol. The average Bonchev–Trinajstić information content (AvgIpc) is 2.08. The molecule has 0 spiro atoms. The van der Waals surface area contributed by atoms with Crippen molar-refractivity contribution in [1.82, 2.24) is 0 Å². The summed E-state index contributed by atoms with van der Waals surface area (Å²) >= 11 is 0. The number of fused-ring (bicyclic) bond motifs is 1. The standard InChI is InChI=1S/C11H11NO2/c1-6-3-8-9(13)5-11(12)14-10(8)4-7(6)2/h3-5H,12H2,1-2H3. The van der Waals surface area contributed by atoms with E-state index in [0.29, 0.717) is 11.0 Å². The number of hydrogen-bond donors (Lipinski definition) is 1. The van der Waals surface area contributed by atoms with Gasteiger partial charge in [-0.25, -0.2) is 0 Å². The third kappa shape index (κ3) is 1.27. The van der Waals surface area contributed by atoms with Crippen molar-refractivity contribution >= 4 is 16.9 Å². The van der Waals surface area contributed by atoms with Crippen LogP contribution in [-0.2, 0) is 0 Å². The van der Waals surface area contributed by atoms with Gasteiger partial charge in [-0.1, -0.05) is 0 Å². The Morgan fingerprint density at radius 1 is 1.14 bits per heavy atom. The number of anilines is 1. The molecule has 2 N–H and O–H groups in total. The Hall–Kier alpha value is -1.77. The van der Waals surface area contributed by atoms with E-state index < -0.39 is 0 Å². The molecule has 2 rings (SSSR count). The highest BCUT2D eigenvalue weighted by Gasteiger charge is 2.04. The van der Waals surface area contributed by atoms with Gasteiger partial charge in [0.2, 0.25) is 0 Å². The molecule has 1 aromatic carbocycles. The van der Waals surface area contributed by atoms with Crippen LogP contribution in [0.15, 0.2) is 27.4 Å². The van der Waals surface area contributed by atoms with Crippen LogP contribution in [0.3, 0.4) is 0 Å². The van der Waals surface area contributed by atoms with E-state index in [2.05, 4.69) is 0 Å². The highest BCUT2D eigenvalue weighted by molar-refractivity contribution is 5.79. The molecule has 72 valence electrons. The number of aryl methyl sites for hydroxylation is 2. The van der Waals surface area contributed by atoms with Crippen molar-refractivity contribution in [3.05, 3.63) is 39.5 Å². The zero-order chi connectivity index (χ0) is 10.3. The Labute approximate surface area is 81.1 Å². The number of nitrogen functional groups attached to an aromatic ring is 1. The van der Waals surface area contributed by atoms with Crippen LogP contribution in [0.1, 0.15) is 11.1 Å². The predicted molar refractivity (Wildman–Crippen MR) is 56.4 cm³/mol. The van der Waals surface area contributed by atoms with Crippen LogP contribution < -0.4 is 11.2 Å². The minimum atomic E-state index is -0.0909. The highest BCUT2D eigenvalue weighted by atomic mass is 16.3. The van der Waals surface area contributed by atoms with Gasteiger partial charge in [-0.3, -0.25) is 4.79 Å². The molecule has 0 radical (unpaired) electrons. The maximum atomic E-state index is 11.5. The van der Waals surface area contributed by atoms with Crippen molar-refractivity contribution in [3.63, 3.8) is 0 Å². The molecule has 0 unspecified atom stereocenters. The molecule has 1 heterocycles. The topological polar surface area (TPSA) is 56.2 Å². The minimum Gasteiger partial charge on any atom is -0.441 e. The van der Waals surface area contributed by atoms with Crippen LogP contribution in [0, 0.1) is 13.8 Å². The lowest BCUT2D eigenvalue weighted by Gasteiger charge is -2.02. The molecule has 3 heteroatoms. The lowest BCUT2D eigenvalue weighted by atomic mass is 10.1. The third-order valence-electron chi connectivity index (χ3n) is 2.36. The van der Waals surface area contributed by atoms with E-state index in [-0.39, 0.29) is 11.3 Å². The van der Waals surface area contributed by atoms with Gasteiger partial charge in [0.05, 0.1) is 5.39 Å². The SMILES string of the molecule is Cc1cc2oc(N)cc(=O)c2cc1C. The van der Waals surface area contributed by atoms with Crippen molar-refractivity contribution in [2.45, 2.75) is 13.8 Å². The minimum absolute atomic E-state index is 0.0909. The van der Waals surface area contributed by atoms with Gasteiger partial charge in [0, 0.05) is 6.07 Å². The maximum absolute atomic E-state index is 11.5. The molecule has 0 saturated heterocycles. The van der Waals surface area contributed by atoms with E-state index in [9.17, 15) is 4.79 Å². The van der Waals surface area contributed by atoms with Gasteiger partial charge in [-0.2, -0.15) is 0 Å². The van der Waals surface area contributed by atoms with Crippen molar-refractivity contribution in [2.75, 3.05) is 5.73 Å². The Bertz CT molecular complexity index is 555. The van der Waals surface area contributed by atoms with Gasteiger partial charge in [0.15, 0.2) is 11.3 Å². The van der Waals surface area contributed by atoms with E-state index in [4.69, 9.17) is 10.2 Å². The molecular weight excluding hydrogens is 178 g/mol. The van der Waals surface area contributed by atoms with Gasteiger partial charge in [0.1, 0.15) is 5.58 Å². The summed E-state index contributed by atoms with van der Waals surface area (Å²) in [5, 5.41) is 0.585. The van der Waals surface area contributed by atoms with Crippen LogP contribution in [0.5, 0.6) is 0 Å². The van der Waals surface area contributed by atoms with Crippen LogP contribution >= 0.6 is 0 Å². The lowest BCUT2D eigenvalue weighted by molar-refractivity contribution is 0.624. The van der Waals surface area contributed by atoms with Gasteiger partial charge >= 0.3 is 0 Å². The summed E-state index contributed by atoms with van der Waals surface area (Å²) in [6.07, 6.45) is 0. The summed E-state index contributed by atoms with van der Waals surface area (Å²) in [4.78, 5) is 11.5. The van der Waals surface area contributed by atoms with E-state index >= 15 is 0 Å². The third-order valence-corrected chi connectivity index (χ3v) is 2.36. The first-order valence-corrected chi connectivity index (χ1v) is 4.38. The van der Waals surface area contributed by atoms with Gasteiger partial charge in [-0.15, -0.1) is 0 Å². The Kier molecular flexibility index (Phi) is 1.81. The second-order valence-corrected chi connectivity index (χ2v) is 3.45. The van der Waals surface area contributed by atoms with Crippen LogP contribution in [-0.4, -0.2) is 0 Å². The lowest BCUT2D eigenvalue weighted by Crippen LogP contribution is -2.02. The first kappa shape index (κ1) is 8.81. The Morgan fingerprint density at radius 2 is 1.79 bits per heavy atom. The Morgan fingerprint density at radius 3 is 2.50 bits per heavy atom. The largest absolute Gasteiger partial charge is 0.441 e. The van der Waals surface area contributed by atoms with Gasteiger partial charge in [0.25, 0.3) is 0 Å². The van der Waals surface area contributed by atoms with Crippen molar-refractivity contribution in [2.24, 2.45) is 0 Å². The smallest absolute Gasteiger partial charge is 0.194 e. The van der Waals surface area contributed by atoms with Gasteiger partial charge in [-0.05, 0) is 37.1 Å². The molecule has 3 nitrogen and oxygen atoms in total. The zero-order valence-corrected chi connectivity index (χ0v) is 8.13. The van der Waals surface area contributed by atoms with Crippen LogP contribution in [0.2, 0.25) is 0 Å². The summed E-state index contributed by atoms with van der Waals surface area (Å²) in [5.74, 6) is 0.158. The van der Waals surface area contributed by atoms with Gasteiger partial charge < -0.3 is 10.2 Å². The monoisotopic (exact) mass is 189 g/mol. The molecular formula is C11H11NO2. The second kappa shape index (κ2) is 2.87. The first-order valence-electron chi connectivity index (χ1n) is 4.38. The van der Waals surface area contributed by atoms with Crippen molar-refractivity contribution < 1.29 is 4.42 Å². The molecule has 0 amide bonds. The summed E-state index contributed by atoms with van der Waals surface area (Å²) in [6.45, 7) is 3.93. The van der Waals surface area contributed by atoms with Crippen molar-refractivity contribution in [3.8, 4) is 0 Å². The van der Waals surface area contributed by atoms with Crippen molar-refractivity contribution in [1.29, 1.82) is 0 Å². The zero-order valence-electron chi connectivity index (χ0n) is 8.13. The normalized spacial score (nSPS) is 10.7. The fourth-order valence-corrected chi connectivity index (χ4v) is 1.43. The first-order chi connectivity index (χ1) is 6.58. The molecule has 0 fully saturated rings. The van der Waals surface area contributed by atoms with Crippen LogP contribution in [0.4, 0.5) is 5.88 Å². The Balaban J connectivity index is 2.96. The quantitative estimate of drug-likeness (QED) is 0.689. The van der Waals surface area contributed by atoms with E-state index in [1.165, 1.54) is 6.07 Å². The number of benzene rings is 1. The molecule has 14 heavy (non-hydrogen) atoms. The molecule has 1 aromatic heterocycles. The molecule has 2 aromatic rings. The molecule has 0 aliphatic carbocycles. The molecule has 0 aliphatic rings. The molecule has 0 aliphatic heterocycles. The van der Waals surface area contributed by atoms with E-state index in [1.807, 2.05) is 26.0 Å². The number of nitrogens with two attached hydrogens (primary N) is 1. The predicted octanol–water partition coefficient (Wildman–Crippen LogP) is 1.99. The summed E-state index contributed by atoms with van der Waals surface area (Å²) < 4.78 is 5.26. The highest BCUT2D eigenvalue weighted by Crippen LogP contribution is 2.18. The van der Waals surface area contributed by atoms with E-state index in [1.54, 1.807) is 0 Å². The molecule has 0 saturated carbocycles. The molecule has 0 bridgehead atoms. The number of rotatable bonds is 0. The number of hydrogen-bond acceptors (Lipinski definition) is 3. The summed E-state index contributed by atoms with van der Waals surface area (Å²) in [7, 11) is 0. The maximum Gasteiger partial charge on any atom is 0.194 e. The second-order valence-electron chi connectivity index (χ2n) is 3.45. The molecule has 0 atom stereocenters. The fraction of sp³-hybridized carbons (Fsp3) is 0.182.